The summed E-state index contributed by atoms with van der Waals surface area (Å²) in [5, 5.41) is 2.04. The molecule has 0 aliphatic heterocycles. The third-order valence-corrected chi connectivity index (χ3v) is 6.54. The van der Waals surface area contributed by atoms with E-state index in [1.54, 1.807) is 51.7 Å². The third-order valence-electron chi connectivity index (χ3n) is 5.53. The van der Waals surface area contributed by atoms with Crippen LogP contribution in [0.3, 0.4) is 0 Å². The van der Waals surface area contributed by atoms with Crippen molar-refractivity contribution in [2.75, 3.05) is 61.7 Å². The SMILES string of the molecule is COCCCN(CC(=O)N(CCc1ccc(OC)c(OC)c1)Cc1sccc1C)C(=O)N(C)C. The third kappa shape index (κ3) is 7.92. The highest BCUT2D eigenvalue weighted by atomic mass is 32.1. The number of ether oxygens (including phenoxy) is 3. The quantitative estimate of drug-likeness (QED) is 0.400. The number of carbonyl (C=O) groups excluding carboxylic acids is 2. The molecule has 0 fully saturated rings. The molecule has 188 valence electrons. The number of carbonyl (C=O) groups is 2. The summed E-state index contributed by atoms with van der Waals surface area (Å²) in [4.78, 5) is 32.2. The smallest absolute Gasteiger partial charge is 0.319 e. The molecule has 0 bridgehead atoms. The Hall–Kier alpha value is -2.78. The minimum atomic E-state index is -0.184. The van der Waals surface area contributed by atoms with Crippen molar-refractivity contribution in [2.24, 2.45) is 0 Å². The van der Waals surface area contributed by atoms with E-state index in [1.807, 2.05) is 28.5 Å². The lowest BCUT2D eigenvalue weighted by Gasteiger charge is -2.29. The van der Waals surface area contributed by atoms with Crippen molar-refractivity contribution in [3.63, 3.8) is 0 Å². The summed E-state index contributed by atoms with van der Waals surface area (Å²) in [5.41, 5.74) is 2.20. The van der Waals surface area contributed by atoms with Gasteiger partial charge in [0.1, 0.15) is 6.54 Å². The summed E-state index contributed by atoms with van der Waals surface area (Å²) in [7, 11) is 8.23. The molecule has 0 spiro atoms. The molecule has 34 heavy (non-hydrogen) atoms. The average Bonchev–Trinajstić information content (AvgIpc) is 3.24. The molecule has 2 aromatic rings. The van der Waals surface area contributed by atoms with Gasteiger partial charge in [0.2, 0.25) is 5.91 Å². The van der Waals surface area contributed by atoms with Crippen LogP contribution in [-0.2, 0) is 22.5 Å². The lowest BCUT2D eigenvalue weighted by Crippen LogP contribution is -2.47. The average molecular weight is 492 g/mol. The molecule has 0 aliphatic carbocycles. The molecule has 0 saturated heterocycles. The topological polar surface area (TPSA) is 71.5 Å². The number of rotatable bonds is 13. The van der Waals surface area contributed by atoms with Crippen molar-refractivity contribution in [3.8, 4) is 11.5 Å². The van der Waals surface area contributed by atoms with E-state index in [0.717, 1.165) is 16.0 Å². The van der Waals surface area contributed by atoms with Crippen LogP contribution in [0.25, 0.3) is 0 Å². The molecular weight excluding hydrogens is 454 g/mol. The number of amides is 3. The number of nitrogens with zero attached hydrogens (tertiary/aromatic N) is 3. The van der Waals surface area contributed by atoms with Crippen molar-refractivity contribution < 1.29 is 23.8 Å². The molecule has 0 N–H and O–H groups in total. The lowest BCUT2D eigenvalue weighted by atomic mass is 10.1. The molecule has 3 amide bonds. The molecule has 1 aromatic carbocycles. The van der Waals surface area contributed by atoms with E-state index in [1.165, 1.54) is 4.90 Å². The van der Waals surface area contributed by atoms with Gasteiger partial charge < -0.3 is 28.9 Å². The van der Waals surface area contributed by atoms with E-state index in [4.69, 9.17) is 14.2 Å². The predicted molar refractivity (Wildman–Crippen MR) is 135 cm³/mol. The number of hydrogen-bond donors (Lipinski definition) is 0. The number of methoxy groups -OCH3 is 3. The number of hydrogen-bond acceptors (Lipinski definition) is 6. The molecule has 1 heterocycles. The van der Waals surface area contributed by atoms with Gasteiger partial charge in [-0.05, 0) is 54.5 Å². The van der Waals surface area contributed by atoms with Crippen LogP contribution in [0.2, 0.25) is 0 Å². The maximum atomic E-state index is 13.4. The van der Waals surface area contributed by atoms with Gasteiger partial charge in [0.05, 0.1) is 20.8 Å². The first-order chi connectivity index (χ1) is 16.3. The van der Waals surface area contributed by atoms with E-state index in [2.05, 4.69) is 13.0 Å². The highest BCUT2D eigenvalue weighted by molar-refractivity contribution is 7.10. The molecule has 2 rings (SSSR count). The second-order valence-electron chi connectivity index (χ2n) is 8.23. The second-order valence-corrected chi connectivity index (χ2v) is 9.23. The summed E-state index contributed by atoms with van der Waals surface area (Å²) < 4.78 is 15.9. The van der Waals surface area contributed by atoms with Crippen LogP contribution < -0.4 is 9.47 Å². The Bertz CT molecular complexity index is 931. The van der Waals surface area contributed by atoms with E-state index in [-0.39, 0.29) is 18.5 Å². The Balaban J connectivity index is 2.18. The van der Waals surface area contributed by atoms with Gasteiger partial charge in [0.25, 0.3) is 0 Å². The minimum Gasteiger partial charge on any atom is -0.493 e. The van der Waals surface area contributed by atoms with Crippen LogP contribution in [0.15, 0.2) is 29.6 Å². The minimum absolute atomic E-state index is 0.0249. The van der Waals surface area contributed by atoms with Crippen LogP contribution in [0.4, 0.5) is 4.79 Å². The van der Waals surface area contributed by atoms with Crippen LogP contribution >= 0.6 is 11.3 Å². The number of urea groups is 1. The molecule has 0 unspecified atom stereocenters. The Kier molecular flexibility index (Phi) is 11.2. The fourth-order valence-corrected chi connectivity index (χ4v) is 4.44. The Morgan fingerprint density at radius 3 is 2.29 bits per heavy atom. The number of benzene rings is 1. The van der Waals surface area contributed by atoms with Crippen LogP contribution in [0, 0.1) is 6.92 Å². The largest absolute Gasteiger partial charge is 0.493 e. The van der Waals surface area contributed by atoms with Crippen molar-refractivity contribution in [1.29, 1.82) is 0 Å². The van der Waals surface area contributed by atoms with E-state index >= 15 is 0 Å². The normalized spacial score (nSPS) is 10.6. The first-order valence-corrected chi connectivity index (χ1v) is 12.2. The summed E-state index contributed by atoms with van der Waals surface area (Å²) in [6, 6.07) is 7.66. The monoisotopic (exact) mass is 491 g/mol. The molecule has 9 heteroatoms. The molecule has 0 atom stereocenters. The van der Waals surface area contributed by atoms with Crippen LogP contribution in [-0.4, -0.2) is 88.3 Å². The maximum Gasteiger partial charge on any atom is 0.319 e. The van der Waals surface area contributed by atoms with Gasteiger partial charge in [-0.3, -0.25) is 4.79 Å². The van der Waals surface area contributed by atoms with Crippen molar-refractivity contribution >= 4 is 23.3 Å². The standard InChI is InChI=1S/C25H37N3O5S/c1-19-11-15-34-23(19)17-27(13-10-20-8-9-21(32-5)22(16-20)33-6)24(29)18-28(12-7-14-31-4)25(30)26(2)3/h8-9,11,15-16H,7,10,12-14,17-18H2,1-6H3. The lowest BCUT2D eigenvalue weighted by molar-refractivity contribution is -0.132. The van der Waals surface area contributed by atoms with Gasteiger partial charge >= 0.3 is 6.03 Å². The van der Waals surface area contributed by atoms with Crippen molar-refractivity contribution in [3.05, 3.63) is 45.6 Å². The maximum absolute atomic E-state index is 13.4. The molecule has 8 nitrogen and oxygen atoms in total. The summed E-state index contributed by atoms with van der Waals surface area (Å²) in [6.07, 6.45) is 1.32. The predicted octanol–water partition coefficient (Wildman–Crippen LogP) is 3.67. The van der Waals surface area contributed by atoms with Gasteiger partial charge in [-0.1, -0.05) is 6.07 Å². The number of thiophene rings is 1. The summed E-state index contributed by atoms with van der Waals surface area (Å²) >= 11 is 1.64. The zero-order valence-electron chi connectivity index (χ0n) is 21.1. The molecule has 0 aliphatic rings. The van der Waals surface area contributed by atoms with Gasteiger partial charge in [0.15, 0.2) is 11.5 Å². The Morgan fingerprint density at radius 2 is 1.71 bits per heavy atom. The summed E-state index contributed by atoms with van der Waals surface area (Å²) in [5.74, 6) is 1.25. The van der Waals surface area contributed by atoms with Gasteiger partial charge in [-0.25, -0.2) is 4.79 Å². The fraction of sp³-hybridized carbons (Fsp3) is 0.520. The molecule has 0 radical (unpaired) electrons. The Morgan fingerprint density at radius 1 is 0.971 bits per heavy atom. The zero-order valence-corrected chi connectivity index (χ0v) is 21.9. The van der Waals surface area contributed by atoms with Crippen molar-refractivity contribution in [1.82, 2.24) is 14.7 Å². The van der Waals surface area contributed by atoms with E-state index in [9.17, 15) is 9.59 Å². The van der Waals surface area contributed by atoms with E-state index < -0.39 is 0 Å². The van der Waals surface area contributed by atoms with Crippen LogP contribution in [0.1, 0.15) is 22.4 Å². The highest BCUT2D eigenvalue weighted by Crippen LogP contribution is 2.28. The summed E-state index contributed by atoms with van der Waals surface area (Å²) in [6.45, 7) is 4.10. The number of aryl methyl sites for hydroxylation is 1. The van der Waals surface area contributed by atoms with Crippen LogP contribution in [0.5, 0.6) is 11.5 Å². The first-order valence-electron chi connectivity index (χ1n) is 11.3. The zero-order chi connectivity index (χ0) is 25.1. The fourth-order valence-electron chi connectivity index (χ4n) is 3.52. The van der Waals surface area contributed by atoms with Gasteiger partial charge in [0, 0.05) is 45.8 Å². The molecule has 0 saturated carbocycles. The molecule has 1 aromatic heterocycles. The first kappa shape index (κ1) is 27.5. The highest BCUT2D eigenvalue weighted by Gasteiger charge is 2.23. The van der Waals surface area contributed by atoms with Gasteiger partial charge in [-0.15, -0.1) is 11.3 Å². The van der Waals surface area contributed by atoms with Gasteiger partial charge in [-0.2, -0.15) is 0 Å². The van der Waals surface area contributed by atoms with E-state index in [0.29, 0.717) is 50.6 Å². The second kappa shape index (κ2) is 13.8. The Labute approximate surface area is 207 Å². The molecular formula is C25H37N3O5S. The van der Waals surface area contributed by atoms with Crippen molar-refractivity contribution in [2.45, 2.75) is 26.3 Å².